The van der Waals surface area contributed by atoms with Crippen LogP contribution in [0.2, 0.25) is 5.02 Å². The van der Waals surface area contributed by atoms with Crippen LogP contribution in [0.15, 0.2) is 226 Å². The van der Waals surface area contributed by atoms with Gasteiger partial charge in [0.15, 0.2) is 0 Å². The molecule has 4 aliphatic rings. The van der Waals surface area contributed by atoms with Crippen LogP contribution in [0, 0.1) is 6.92 Å². The van der Waals surface area contributed by atoms with Crippen LogP contribution in [0.5, 0.6) is 0 Å². The van der Waals surface area contributed by atoms with E-state index in [2.05, 4.69) is 145 Å². The topological polar surface area (TPSA) is 314 Å². The second-order valence-electron chi connectivity index (χ2n) is 29.9. The number of rotatable bonds is 16. The molecule has 584 valence electrons. The highest BCUT2D eigenvalue weighted by Gasteiger charge is 2.35. The molecular weight excluding hydrogens is 1480 g/mol. The van der Waals surface area contributed by atoms with Crippen molar-refractivity contribution in [2.75, 3.05) is 0 Å². The number of benzene rings is 4. The van der Waals surface area contributed by atoms with Crippen LogP contribution in [0.25, 0.3) is 0 Å². The molecule has 0 bridgehead atoms. The van der Waals surface area contributed by atoms with Gasteiger partial charge in [0, 0.05) is 106 Å². The highest BCUT2D eigenvalue weighted by Crippen LogP contribution is 2.45. The van der Waals surface area contributed by atoms with Crippen LogP contribution < -0.4 is 45.0 Å². The highest BCUT2D eigenvalue weighted by molar-refractivity contribution is 7.09. The number of pyridine rings is 3. The number of H-pyrrole nitrogens is 8. The first-order valence-corrected chi connectivity index (χ1v) is 40.0. The van der Waals surface area contributed by atoms with Gasteiger partial charge in [-0.25, -0.2) is 29.1 Å². The van der Waals surface area contributed by atoms with E-state index in [0.717, 1.165) is 142 Å². The van der Waals surface area contributed by atoms with E-state index in [4.69, 9.17) is 11.6 Å². The fourth-order valence-electron chi connectivity index (χ4n) is 17.0. The summed E-state index contributed by atoms with van der Waals surface area (Å²) in [5.74, 6) is 2.62. The maximum Gasteiger partial charge on any atom is 0.433 e. The van der Waals surface area contributed by atoms with E-state index in [0.29, 0.717) is 76.0 Å². The first-order valence-electron chi connectivity index (χ1n) is 38.8. The fraction of sp³-hybridized carbons (Fsp3) is 0.341. The third kappa shape index (κ3) is 20.9. The van der Waals surface area contributed by atoms with Gasteiger partial charge < -0.3 is 19.9 Å². The number of hydrogen-bond acceptors (Lipinski definition) is 13. The molecule has 0 spiro atoms. The maximum absolute atomic E-state index is 13.0. The number of nitrogens with zero attached hydrogens (tertiary/aromatic N) is 4. The quantitative estimate of drug-likeness (QED) is 0.0448. The van der Waals surface area contributed by atoms with Crippen molar-refractivity contribution in [3.05, 3.63) is 377 Å². The zero-order valence-electron chi connectivity index (χ0n) is 62.6. The van der Waals surface area contributed by atoms with Crippen molar-refractivity contribution < 1.29 is 13.2 Å². The Labute approximate surface area is 657 Å². The lowest BCUT2D eigenvalue weighted by atomic mass is 9.76. The molecule has 0 radical (unpaired) electrons. The minimum atomic E-state index is -4.56. The van der Waals surface area contributed by atoms with Crippen molar-refractivity contribution >= 4 is 22.9 Å². The average molecular weight is 1570 g/mol. The van der Waals surface area contributed by atoms with E-state index in [9.17, 15) is 51.5 Å². The first kappa shape index (κ1) is 79.8. The molecule has 0 amide bonds. The number of aryl methyl sites for hydroxylation is 1. The zero-order chi connectivity index (χ0) is 79.0. The molecule has 8 N–H and O–H groups in total. The van der Waals surface area contributed by atoms with E-state index in [-0.39, 0.29) is 58.0 Å². The van der Waals surface area contributed by atoms with Crippen molar-refractivity contribution in [3.8, 4) is 0 Å². The van der Waals surface area contributed by atoms with Gasteiger partial charge in [0.05, 0.1) is 15.7 Å². The Morgan fingerprint density at radius 1 is 0.372 bits per heavy atom. The van der Waals surface area contributed by atoms with Crippen molar-refractivity contribution in [2.24, 2.45) is 0 Å². The molecular formula is C88H90ClF3N12O8S. The summed E-state index contributed by atoms with van der Waals surface area (Å²) in [6.45, 7) is 1.94. The fourth-order valence-corrected chi connectivity index (χ4v) is 17.8. The largest absolute Gasteiger partial charge is 0.433 e. The molecule has 0 saturated heterocycles. The van der Waals surface area contributed by atoms with Gasteiger partial charge in [-0.05, 0) is 221 Å². The summed E-state index contributed by atoms with van der Waals surface area (Å²) >= 11 is 7.76. The Morgan fingerprint density at radius 2 is 0.735 bits per heavy atom. The number of thiazole rings is 1. The lowest BCUT2D eigenvalue weighted by molar-refractivity contribution is -0.141. The van der Waals surface area contributed by atoms with E-state index >= 15 is 0 Å². The Kier molecular flexibility index (Phi) is 26.4. The number of hydrogen-bond donors (Lipinski definition) is 8. The normalized spacial score (nSPS) is 19.6. The van der Waals surface area contributed by atoms with Crippen LogP contribution in [-0.2, 0) is 31.9 Å². The summed E-state index contributed by atoms with van der Waals surface area (Å²) in [5, 5.41) is 3.31. The molecule has 113 heavy (non-hydrogen) atoms. The number of alkyl halides is 3. The van der Waals surface area contributed by atoms with Gasteiger partial charge in [0.1, 0.15) is 5.69 Å². The molecule has 8 heterocycles. The molecule has 8 aromatic heterocycles. The van der Waals surface area contributed by atoms with Gasteiger partial charge >= 0.3 is 28.9 Å². The van der Waals surface area contributed by atoms with Crippen LogP contribution in [-0.4, -0.2) is 59.8 Å². The van der Waals surface area contributed by atoms with Crippen LogP contribution >= 0.6 is 22.9 Å². The maximum atomic E-state index is 13.0. The van der Waals surface area contributed by atoms with Crippen molar-refractivity contribution in [1.29, 1.82) is 0 Å². The van der Waals surface area contributed by atoms with Gasteiger partial charge in [-0.15, -0.1) is 11.3 Å². The van der Waals surface area contributed by atoms with Crippen molar-refractivity contribution in [3.63, 3.8) is 0 Å². The summed E-state index contributed by atoms with van der Waals surface area (Å²) in [7, 11) is 0. The van der Waals surface area contributed by atoms with E-state index in [1.54, 1.807) is 30.7 Å². The summed E-state index contributed by atoms with van der Waals surface area (Å²) in [5.41, 5.74) is 8.75. The highest BCUT2D eigenvalue weighted by atomic mass is 35.5. The Morgan fingerprint density at radius 3 is 1.09 bits per heavy atom. The molecule has 4 aliphatic carbocycles. The average Bonchev–Trinajstić information content (AvgIpc) is 0.850. The van der Waals surface area contributed by atoms with Gasteiger partial charge in [0.25, 0.3) is 22.2 Å². The van der Waals surface area contributed by atoms with Gasteiger partial charge in [-0.3, -0.25) is 49.1 Å². The van der Waals surface area contributed by atoms with Gasteiger partial charge in [-0.2, -0.15) is 13.2 Å². The summed E-state index contributed by atoms with van der Waals surface area (Å²) in [6.07, 6.45) is 17.3. The Hall–Kier alpha value is -11.2. The van der Waals surface area contributed by atoms with E-state index in [1.807, 2.05) is 60.8 Å². The van der Waals surface area contributed by atoms with Crippen LogP contribution in [0.1, 0.15) is 251 Å². The second kappa shape index (κ2) is 37.4. The lowest BCUT2D eigenvalue weighted by Crippen LogP contribution is -2.30. The predicted octanol–water partition coefficient (Wildman–Crippen LogP) is 16.0. The molecule has 16 rings (SSSR count). The van der Waals surface area contributed by atoms with Gasteiger partial charge in [-0.1, -0.05) is 139 Å². The van der Waals surface area contributed by atoms with E-state index in [1.165, 1.54) is 45.7 Å². The molecule has 20 nitrogen and oxygen atoms in total. The molecule has 4 saturated carbocycles. The third-order valence-electron chi connectivity index (χ3n) is 22.7. The molecule has 25 heteroatoms. The molecule has 4 aromatic carbocycles. The zero-order valence-corrected chi connectivity index (χ0v) is 64.2. The van der Waals surface area contributed by atoms with Crippen molar-refractivity contribution in [1.82, 2.24) is 59.8 Å². The van der Waals surface area contributed by atoms with E-state index < -0.39 is 40.2 Å². The molecule has 12 aromatic rings. The van der Waals surface area contributed by atoms with Gasteiger partial charge in [0.2, 0.25) is 0 Å². The smallest absolute Gasteiger partial charge is 0.311 e. The Balaban J connectivity index is 0.000000132. The number of halogens is 4. The second-order valence-corrected chi connectivity index (χ2v) is 31.3. The summed E-state index contributed by atoms with van der Waals surface area (Å²) < 4.78 is 39.0. The monoisotopic (exact) mass is 1570 g/mol. The summed E-state index contributed by atoms with van der Waals surface area (Å²) in [4.78, 5) is 135. The van der Waals surface area contributed by atoms with Crippen LogP contribution in [0.4, 0.5) is 13.2 Å². The standard InChI is InChI=1S/C23H22F3N3O2.C23H25N3O2.C22H22ClN3O2.C20H21N3O2S/c24-23(25,26)19-8-4-7-17(27-19)13-18-20(28-22(31)29-21(18)30)16-11-9-15(10-12-16)14-5-2-1-3-6-14;1-15-13-16(11-12-24-15)14-20-21(25-23(28)26-22(20)27)19-9-7-18(8-10-19)17-5-3-2-4-6-17;23-18-7-4-12-24-19(18)13-17-20(25-22(28)26-21(17)27)16-10-8-15(9-11-16)14-5-2-1-3-6-14;24-19-16(12-17-21-10-11-26-17)18(22-20(25)23-19)15-8-6-14(7-9-15)13-4-2-1-3-5-13/h1-8,15-16H,9-13H2,(H2,28,29,30,31);2-6,11-13,18-19H,7-10,14H2,1H3,(H2,25,26,27,28);1-7,12,15-16H,8-11,13H2,(H2,25,26,27,28);1-5,10-11,14-15H,6-9,12H2,(H2,22,23,24,25). The SMILES string of the molecule is Cc1cc(Cc2c(C3CCC(c4ccccc4)CC3)[nH]c(=O)[nH]c2=O)ccn1.O=c1[nH]c(C2CCC(c3ccccc3)CC2)c(Cc2cccc(C(F)(F)F)n2)c(=O)[nH]1.O=c1[nH]c(C2CCC(c3ccccc3)CC2)c(Cc2ncccc2Cl)c(=O)[nH]1.O=c1[nH]c(C2CCC(c3ccccc3)CC2)c(Cc2nccs2)c(=O)[nH]1. The van der Waals surface area contributed by atoms with Crippen LogP contribution in [0.3, 0.4) is 0 Å². The number of aromatic nitrogens is 12. The molecule has 0 aliphatic heterocycles. The summed E-state index contributed by atoms with van der Waals surface area (Å²) in [6, 6.07) is 53.0. The first-order chi connectivity index (χ1) is 54.7. The lowest BCUT2D eigenvalue weighted by Gasteiger charge is -2.29. The minimum Gasteiger partial charge on any atom is -0.311 e. The number of aromatic amines is 8. The predicted molar refractivity (Wildman–Crippen MR) is 433 cm³/mol. The molecule has 0 atom stereocenters. The minimum absolute atomic E-state index is 0.0317. The third-order valence-corrected chi connectivity index (χ3v) is 23.8. The molecule has 4 fully saturated rings. The Bertz CT molecular complexity index is 5660. The number of nitrogens with one attached hydrogen (secondary N) is 8. The molecule has 0 unspecified atom stereocenters. The van der Waals surface area contributed by atoms with Crippen molar-refractivity contribution in [2.45, 2.75) is 189 Å².